The lowest BCUT2D eigenvalue weighted by Gasteiger charge is -2.08. The van der Waals surface area contributed by atoms with Gasteiger partial charge in [0.2, 0.25) is 23.0 Å². The average Bonchev–Trinajstić information content (AvgIpc) is 3.16. The molecule has 0 spiro atoms. The summed E-state index contributed by atoms with van der Waals surface area (Å²) in [4.78, 5) is 15.1. The van der Waals surface area contributed by atoms with E-state index in [2.05, 4.69) is 30.2 Å². The highest BCUT2D eigenvalue weighted by atomic mass is 35.5. The van der Waals surface area contributed by atoms with Gasteiger partial charge in [0.05, 0.1) is 9.92 Å². The minimum absolute atomic E-state index is 0.108. The maximum atomic E-state index is 12.6. The van der Waals surface area contributed by atoms with Crippen LogP contribution in [0.15, 0.2) is 56.8 Å². The summed E-state index contributed by atoms with van der Waals surface area (Å²) in [5.74, 6) is -0.995. The van der Waals surface area contributed by atoms with Crippen molar-refractivity contribution in [2.75, 3.05) is 5.32 Å². The zero-order chi connectivity index (χ0) is 24.2. The standard InChI is InChI=1S/C19H19ClN8O3S2/c1-10-9-12(7-8-15(10)23-11(2)29)33(30,31)28-18(22)24-17(21)25-19-27-26-16(32-19)13-5-3-4-6-14(13)20/h3-9H,1-2H3,(H,23,29)(H5,21,22,24,25,27,28). The molecule has 0 saturated heterocycles. The van der Waals surface area contributed by atoms with Crippen molar-refractivity contribution in [3.05, 3.63) is 53.1 Å². The van der Waals surface area contributed by atoms with E-state index in [1.807, 2.05) is 6.07 Å². The minimum Gasteiger partial charge on any atom is -0.369 e. The van der Waals surface area contributed by atoms with Crippen LogP contribution in [0.25, 0.3) is 10.6 Å². The van der Waals surface area contributed by atoms with Gasteiger partial charge in [0.1, 0.15) is 0 Å². The zero-order valence-corrected chi connectivity index (χ0v) is 19.8. The number of anilines is 1. The third kappa shape index (κ3) is 6.25. The van der Waals surface area contributed by atoms with Crippen LogP contribution in [0.2, 0.25) is 5.02 Å². The monoisotopic (exact) mass is 506 g/mol. The van der Waals surface area contributed by atoms with Gasteiger partial charge >= 0.3 is 0 Å². The van der Waals surface area contributed by atoms with Gasteiger partial charge in [-0.2, -0.15) is 13.4 Å². The molecule has 0 radical (unpaired) electrons. The van der Waals surface area contributed by atoms with E-state index in [4.69, 9.17) is 23.1 Å². The first-order valence-electron chi connectivity index (χ1n) is 9.23. The Kier molecular flexibility index (Phi) is 7.26. The molecule has 33 heavy (non-hydrogen) atoms. The predicted molar refractivity (Wildman–Crippen MR) is 129 cm³/mol. The van der Waals surface area contributed by atoms with Crippen LogP contribution in [-0.2, 0) is 14.8 Å². The van der Waals surface area contributed by atoms with Crippen molar-refractivity contribution in [2.24, 2.45) is 20.9 Å². The molecule has 1 aromatic heterocycles. The summed E-state index contributed by atoms with van der Waals surface area (Å²) in [6.07, 6.45) is 0. The maximum absolute atomic E-state index is 12.6. The Morgan fingerprint density at radius 1 is 1.12 bits per heavy atom. The van der Waals surface area contributed by atoms with E-state index in [0.29, 0.717) is 26.8 Å². The summed E-state index contributed by atoms with van der Waals surface area (Å²) in [5, 5.41) is 14.2. The molecule has 0 atom stereocenters. The lowest BCUT2D eigenvalue weighted by atomic mass is 10.2. The molecule has 0 fully saturated rings. The van der Waals surface area contributed by atoms with E-state index in [9.17, 15) is 13.2 Å². The van der Waals surface area contributed by atoms with Gasteiger partial charge < -0.3 is 16.8 Å². The van der Waals surface area contributed by atoms with E-state index < -0.39 is 16.0 Å². The number of aryl methyl sites for hydroxylation is 1. The Hall–Kier alpha value is -3.55. The second-order valence-corrected chi connectivity index (χ2v) is 9.57. The van der Waals surface area contributed by atoms with E-state index in [0.717, 1.165) is 11.3 Å². The summed E-state index contributed by atoms with van der Waals surface area (Å²) in [6, 6.07) is 11.3. The molecule has 2 aromatic carbocycles. The number of nitrogens with one attached hydrogen (secondary N) is 2. The Balaban J connectivity index is 1.75. The summed E-state index contributed by atoms with van der Waals surface area (Å²) < 4.78 is 28.6. The molecule has 0 bridgehead atoms. The Morgan fingerprint density at radius 2 is 1.85 bits per heavy atom. The number of hydrogen-bond donors (Lipinski definition) is 4. The smallest absolute Gasteiger partial charge is 0.285 e. The highest BCUT2D eigenvalue weighted by Gasteiger charge is 2.16. The van der Waals surface area contributed by atoms with Crippen LogP contribution in [0.1, 0.15) is 12.5 Å². The van der Waals surface area contributed by atoms with Gasteiger partial charge in [0.25, 0.3) is 10.0 Å². The summed E-state index contributed by atoms with van der Waals surface area (Å²) in [6.45, 7) is 3.01. The van der Waals surface area contributed by atoms with Gasteiger partial charge in [-0.15, -0.1) is 14.6 Å². The van der Waals surface area contributed by atoms with Crippen LogP contribution in [0.5, 0.6) is 0 Å². The second-order valence-electron chi connectivity index (χ2n) is 6.60. The number of nitrogens with zero attached hydrogens (tertiary/aromatic N) is 4. The summed E-state index contributed by atoms with van der Waals surface area (Å²) in [5.41, 5.74) is 13.2. The first-order chi connectivity index (χ1) is 15.5. The highest BCUT2D eigenvalue weighted by Crippen LogP contribution is 2.32. The topological polar surface area (TPSA) is 178 Å². The van der Waals surface area contributed by atoms with Gasteiger partial charge in [-0.25, -0.2) is 0 Å². The van der Waals surface area contributed by atoms with Crippen LogP contribution < -0.4 is 22.1 Å². The molecule has 172 valence electrons. The number of hydrogen-bond acceptors (Lipinski definition) is 7. The number of halogens is 1. The normalized spacial score (nSPS) is 12.5. The van der Waals surface area contributed by atoms with Gasteiger partial charge in [0.15, 0.2) is 5.01 Å². The van der Waals surface area contributed by atoms with Crippen molar-refractivity contribution in [1.29, 1.82) is 0 Å². The van der Waals surface area contributed by atoms with Crippen molar-refractivity contribution >= 4 is 61.6 Å². The van der Waals surface area contributed by atoms with E-state index in [1.54, 1.807) is 25.1 Å². The molecule has 0 saturated carbocycles. The molecular weight excluding hydrogens is 488 g/mol. The van der Waals surface area contributed by atoms with Gasteiger partial charge in [-0.3, -0.25) is 10.1 Å². The van der Waals surface area contributed by atoms with Crippen LogP contribution in [0.4, 0.5) is 10.8 Å². The number of aliphatic imine (C=N–C) groups is 1. The Labute approximate surface area is 198 Å². The molecule has 0 aliphatic heterocycles. The van der Waals surface area contributed by atoms with Crippen molar-refractivity contribution in [1.82, 2.24) is 15.5 Å². The predicted octanol–water partition coefficient (Wildman–Crippen LogP) is 2.36. The number of guanidine groups is 2. The average molecular weight is 507 g/mol. The van der Waals surface area contributed by atoms with E-state index in [1.165, 1.54) is 25.1 Å². The number of rotatable bonds is 5. The fraction of sp³-hybridized carbons (Fsp3) is 0.105. The summed E-state index contributed by atoms with van der Waals surface area (Å²) >= 11 is 7.28. The SMILES string of the molecule is CC(=O)Nc1ccc(S(=O)(=O)/N=C(/N)N/C(N)=N/c2nnc(-c3ccccc3Cl)s2)cc1C. The molecule has 1 amide bonds. The lowest BCUT2D eigenvalue weighted by molar-refractivity contribution is -0.114. The van der Waals surface area contributed by atoms with E-state index >= 15 is 0 Å². The number of sulfonamides is 1. The first kappa shape index (κ1) is 24.1. The maximum Gasteiger partial charge on any atom is 0.285 e. The summed E-state index contributed by atoms with van der Waals surface area (Å²) in [7, 11) is -4.15. The Bertz CT molecular complexity index is 1370. The first-order valence-corrected chi connectivity index (χ1v) is 11.9. The Morgan fingerprint density at radius 3 is 2.52 bits per heavy atom. The molecule has 14 heteroatoms. The lowest BCUT2D eigenvalue weighted by Crippen LogP contribution is -2.41. The highest BCUT2D eigenvalue weighted by molar-refractivity contribution is 7.90. The fourth-order valence-electron chi connectivity index (χ4n) is 2.60. The molecule has 6 N–H and O–H groups in total. The number of aromatic nitrogens is 2. The quantitative estimate of drug-likeness (QED) is 0.301. The number of nitrogens with two attached hydrogens (primary N) is 2. The largest absolute Gasteiger partial charge is 0.369 e. The molecule has 3 rings (SSSR count). The van der Waals surface area contributed by atoms with Crippen LogP contribution >= 0.6 is 22.9 Å². The van der Waals surface area contributed by atoms with Gasteiger partial charge in [-0.05, 0) is 36.8 Å². The van der Waals surface area contributed by atoms with Crippen molar-refractivity contribution in [2.45, 2.75) is 18.7 Å². The number of carbonyl (C=O) groups excluding carboxylic acids is 1. The number of benzene rings is 2. The minimum atomic E-state index is -4.15. The van der Waals surface area contributed by atoms with Crippen LogP contribution in [-0.4, -0.2) is 36.4 Å². The number of carbonyl (C=O) groups is 1. The molecule has 0 unspecified atom stereocenters. The molecule has 3 aromatic rings. The fourth-order valence-corrected chi connectivity index (χ4v) is 4.62. The van der Waals surface area contributed by atoms with E-state index in [-0.39, 0.29) is 21.9 Å². The van der Waals surface area contributed by atoms with Crippen molar-refractivity contribution in [3.63, 3.8) is 0 Å². The van der Waals surface area contributed by atoms with Gasteiger partial charge in [-0.1, -0.05) is 41.1 Å². The molecule has 11 nitrogen and oxygen atoms in total. The second kappa shape index (κ2) is 9.94. The van der Waals surface area contributed by atoms with Crippen LogP contribution in [0.3, 0.4) is 0 Å². The van der Waals surface area contributed by atoms with Crippen molar-refractivity contribution in [3.8, 4) is 10.6 Å². The third-order valence-corrected chi connectivity index (χ3v) is 6.48. The van der Waals surface area contributed by atoms with Gasteiger partial charge in [0, 0.05) is 18.2 Å². The molecule has 1 heterocycles. The van der Waals surface area contributed by atoms with Crippen molar-refractivity contribution < 1.29 is 13.2 Å². The molecule has 0 aliphatic carbocycles. The molecule has 0 aliphatic rings. The zero-order valence-electron chi connectivity index (χ0n) is 17.4. The third-order valence-electron chi connectivity index (χ3n) is 4.02. The number of amides is 1. The molecular formula is C19H19ClN8O3S2. The van der Waals surface area contributed by atoms with Crippen LogP contribution in [0, 0.1) is 6.92 Å².